The van der Waals surface area contributed by atoms with Crippen molar-refractivity contribution in [2.45, 2.75) is 44.5 Å². The van der Waals surface area contributed by atoms with E-state index in [0.29, 0.717) is 24.3 Å². The molecular weight excluding hydrogens is 520 g/mol. The van der Waals surface area contributed by atoms with Gasteiger partial charge in [0.2, 0.25) is 5.91 Å². The van der Waals surface area contributed by atoms with Crippen molar-refractivity contribution in [1.82, 2.24) is 9.88 Å². The highest BCUT2D eigenvalue weighted by molar-refractivity contribution is 8.03. The van der Waals surface area contributed by atoms with Crippen LogP contribution in [0.25, 0.3) is 0 Å². The molecule has 4 heterocycles. The number of amides is 1. The Labute approximate surface area is 220 Å². The largest absolute Gasteiger partial charge is 0.456 e. The number of nitro groups is 1. The van der Waals surface area contributed by atoms with E-state index >= 15 is 0 Å². The van der Waals surface area contributed by atoms with Crippen LogP contribution >= 0.6 is 23.1 Å². The van der Waals surface area contributed by atoms with Gasteiger partial charge in [-0.05, 0) is 24.6 Å². The van der Waals surface area contributed by atoms with Crippen LogP contribution in [0.5, 0.6) is 0 Å². The summed E-state index contributed by atoms with van der Waals surface area (Å²) in [5, 5.41) is 33.2. The van der Waals surface area contributed by atoms with Crippen LogP contribution in [0.3, 0.4) is 0 Å². The molecule has 4 atom stereocenters. The minimum Gasteiger partial charge on any atom is -0.456 e. The predicted molar refractivity (Wildman–Crippen MR) is 137 cm³/mol. The van der Waals surface area contributed by atoms with Gasteiger partial charge in [0.15, 0.2) is 5.13 Å². The predicted octanol–water partition coefficient (Wildman–Crippen LogP) is 2.28. The Bertz CT molecular complexity index is 1260. The number of thioether (sulfide) groups is 1. The van der Waals surface area contributed by atoms with Crippen LogP contribution in [0, 0.1) is 22.0 Å². The molecule has 1 amide bonds. The number of hydrogen-bond acceptors (Lipinski definition) is 11. The number of aliphatic hydroxyl groups is 2. The van der Waals surface area contributed by atoms with Crippen molar-refractivity contribution in [2.75, 3.05) is 18.0 Å². The lowest BCUT2D eigenvalue weighted by Crippen LogP contribution is -2.63. The molecule has 0 saturated carbocycles. The van der Waals surface area contributed by atoms with Crippen LogP contribution in [0.1, 0.15) is 25.1 Å². The van der Waals surface area contributed by atoms with E-state index in [0.717, 1.165) is 10.0 Å². The summed E-state index contributed by atoms with van der Waals surface area (Å²) in [6.45, 7) is 4.78. The van der Waals surface area contributed by atoms with Crippen LogP contribution in [-0.2, 0) is 27.5 Å². The van der Waals surface area contributed by atoms with Gasteiger partial charge in [-0.2, -0.15) is 0 Å². The molecule has 1 aromatic heterocycles. The van der Waals surface area contributed by atoms with Crippen molar-refractivity contribution in [3.8, 4) is 0 Å². The summed E-state index contributed by atoms with van der Waals surface area (Å²) in [7, 11) is 0. The summed E-state index contributed by atoms with van der Waals surface area (Å²) in [5.74, 6) is -1.63. The number of hydrogen-bond donors (Lipinski definition) is 2. The van der Waals surface area contributed by atoms with Crippen LogP contribution in [-0.4, -0.2) is 67.4 Å². The van der Waals surface area contributed by atoms with Gasteiger partial charge in [-0.25, -0.2) is 9.78 Å². The van der Waals surface area contributed by atoms with E-state index in [9.17, 15) is 29.9 Å². The minimum atomic E-state index is -0.831. The molecule has 0 aliphatic carbocycles. The fraction of sp³-hybridized carbons (Fsp3) is 0.458. The molecule has 37 heavy (non-hydrogen) atoms. The average Bonchev–Trinajstić information content (AvgIpc) is 3.40. The molecule has 13 heteroatoms. The lowest BCUT2D eigenvalue weighted by molar-refractivity contribution is -0.384. The third kappa shape index (κ3) is 4.60. The van der Waals surface area contributed by atoms with Gasteiger partial charge < -0.3 is 24.7 Å². The summed E-state index contributed by atoms with van der Waals surface area (Å²) >= 11 is 3.03. The number of aromatic nitrogens is 1. The molecular formula is C24H26N4O7S2. The minimum absolute atomic E-state index is 0.0563. The first-order chi connectivity index (χ1) is 17.7. The molecule has 3 aliphatic rings. The number of nitrogens with zero attached hydrogens (tertiary/aromatic N) is 4. The van der Waals surface area contributed by atoms with Crippen molar-refractivity contribution < 1.29 is 29.5 Å². The Morgan fingerprint density at radius 2 is 2.05 bits per heavy atom. The quantitative estimate of drug-likeness (QED) is 0.208. The lowest BCUT2D eigenvalue weighted by atomic mass is 9.79. The topological polar surface area (TPSA) is 146 Å². The zero-order valence-electron chi connectivity index (χ0n) is 20.1. The molecule has 5 rings (SSSR count). The summed E-state index contributed by atoms with van der Waals surface area (Å²) in [6.07, 6.45) is -0.831. The van der Waals surface area contributed by atoms with E-state index < -0.39 is 22.9 Å². The van der Waals surface area contributed by atoms with Crippen molar-refractivity contribution in [1.29, 1.82) is 0 Å². The summed E-state index contributed by atoms with van der Waals surface area (Å²) in [6, 6.07) is 5.43. The van der Waals surface area contributed by atoms with Crippen LogP contribution in [0.2, 0.25) is 0 Å². The first-order valence-electron chi connectivity index (χ1n) is 11.8. The van der Waals surface area contributed by atoms with Gasteiger partial charge in [-0.15, -0.1) is 23.1 Å². The van der Waals surface area contributed by atoms with Gasteiger partial charge in [0.1, 0.15) is 12.3 Å². The molecule has 196 valence electrons. The first-order valence-corrected chi connectivity index (χ1v) is 13.6. The number of fused-ring (bicyclic) bond motifs is 1. The Balaban J connectivity index is 1.31. The molecule has 3 aliphatic heterocycles. The molecule has 1 aromatic carbocycles. The zero-order chi connectivity index (χ0) is 26.4. The van der Waals surface area contributed by atoms with Gasteiger partial charge in [0.25, 0.3) is 5.69 Å². The van der Waals surface area contributed by atoms with Gasteiger partial charge in [0, 0.05) is 46.7 Å². The zero-order valence-corrected chi connectivity index (χ0v) is 21.8. The van der Waals surface area contributed by atoms with Crippen molar-refractivity contribution >= 4 is 45.8 Å². The summed E-state index contributed by atoms with van der Waals surface area (Å²) in [5.41, 5.74) is 1.39. The molecule has 11 nitrogen and oxygen atoms in total. The Morgan fingerprint density at radius 3 is 2.65 bits per heavy atom. The number of non-ortho nitro benzene ring substituents is 1. The second-order valence-electron chi connectivity index (χ2n) is 9.39. The average molecular weight is 547 g/mol. The number of nitro benzene ring substituents is 1. The number of rotatable bonds is 9. The van der Waals surface area contributed by atoms with E-state index in [4.69, 9.17) is 4.74 Å². The lowest BCUT2D eigenvalue weighted by Gasteiger charge is -2.46. The smallest absolute Gasteiger partial charge is 0.356 e. The summed E-state index contributed by atoms with van der Waals surface area (Å²) < 4.78 is 5.55. The third-order valence-electron chi connectivity index (χ3n) is 6.93. The number of esters is 1. The highest BCUT2D eigenvalue weighted by Gasteiger charge is 2.60. The first kappa shape index (κ1) is 25.6. The number of thiazole rings is 1. The number of ether oxygens (including phenoxy) is 1. The maximum atomic E-state index is 13.3. The van der Waals surface area contributed by atoms with E-state index in [-0.39, 0.29) is 47.7 Å². The van der Waals surface area contributed by atoms with Crippen molar-refractivity contribution in [3.05, 3.63) is 61.6 Å². The number of benzene rings is 1. The van der Waals surface area contributed by atoms with E-state index in [2.05, 4.69) is 9.88 Å². The fourth-order valence-electron chi connectivity index (χ4n) is 4.96. The second kappa shape index (κ2) is 10.0. The number of anilines is 1. The van der Waals surface area contributed by atoms with Crippen LogP contribution in [0.4, 0.5) is 10.8 Å². The van der Waals surface area contributed by atoms with Crippen LogP contribution in [0.15, 0.2) is 40.2 Å². The standard InChI is InChI=1S/C24H26N4O7S2/c1-12-19-18(13(2)30)22(31)27(19)20(23(32)35-10-14-3-5-16(6-4-14)28(33)34)21(12)37-17-7-26(8-17)24-25-15(9-29)11-36-24/h3-6,11-13,17-19,29-30H,7-10H2,1-2H3/t12-,13-,18-,19-/m1/s1. The highest BCUT2D eigenvalue weighted by atomic mass is 32.2. The summed E-state index contributed by atoms with van der Waals surface area (Å²) in [4.78, 5) is 45.3. The number of β-lactam (4-membered cyclic amide) rings is 1. The number of aliphatic hydroxyl groups excluding tert-OH is 2. The van der Waals surface area contributed by atoms with Crippen LogP contribution < -0.4 is 4.90 Å². The molecule has 0 unspecified atom stereocenters. The SMILES string of the molecule is C[C@@H](O)[C@H]1C(=O)N2C(C(=O)OCc3ccc([N+](=O)[O-])cc3)=C(SC3CN(c4nc(CO)cs4)C3)[C@H](C)[C@H]12. The molecule has 2 saturated heterocycles. The second-order valence-corrected chi connectivity index (χ2v) is 11.6. The fourth-order valence-corrected chi connectivity index (χ4v) is 7.32. The number of carbonyl (C=O) groups excluding carboxylic acids is 2. The van der Waals surface area contributed by atoms with Crippen molar-refractivity contribution in [3.63, 3.8) is 0 Å². The molecule has 0 bridgehead atoms. The Kier molecular flexibility index (Phi) is 6.96. The Hall–Kier alpha value is -3.00. The van der Waals surface area contributed by atoms with Crippen molar-refractivity contribution in [2.24, 2.45) is 11.8 Å². The molecule has 0 spiro atoms. The molecule has 2 aromatic rings. The molecule has 2 N–H and O–H groups in total. The molecule has 0 radical (unpaired) electrons. The van der Waals surface area contributed by atoms with E-state index in [1.54, 1.807) is 18.7 Å². The highest BCUT2D eigenvalue weighted by Crippen LogP contribution is 2.52. The maximum Gasteiger partial charge on any atom is 0.356 e. The third-order valence-corrected chi connectivity index (χ3v) is 9.33. The van der Waals surface area contributed by atoms with E-state index in [1.807, 2.05) is 12.3 Å². The van der Waals surface area contributed by atoms with E-state index in [1.165, 1.54) is 40.5 Å². The normalized spacial score (nSPS) is 24.0. The number of carbonyl (C=O) groups is 2. The maximum absolute atomic E-state index is 13.3. The van der Waals surface area contributed by atoms with Gasteiger partial charge in [-0.3, -0.25) is 14.9 Å². The van der Waals surface area contributed by atoms with Gasteiger partial charge in [0.05, 0.1) is 35.3 Å². The molecule has 2 fully saturated rings. The van der Waals surface area contributed by atoms with Gasteiger partial charge in [-0.1, -0.05) is 6.92 Å². The van der Waals surface area contributed by atoms with Gasteiger partial charge >= 0.3 is 5.97 Å². The monoisotopic (exact) mass is 546 g/mol. The Morgan fingerprint density at radius 1 is 1.35 bits per heavy atom.